The second kappa shape index (κ2) is 8.81. The van der Waals surface area contributed by atoms with Crippen molar-refractivity contribution in [3.8, 4) is 16.9 Å². The van der Waals surface area contributed by atoms with Crippen LogP contribution in [0.1, 0.15) is 16.7 Å². The average molecular weight is 489 g/mol. The lowest BCUT2D eigenvalue weighted by Gasteiger charge is -2.26. The molecule has 0 N–H and O–H groups in total. The Kier molecular flexibility index (Phi) is 5.26. The largest absolute Gasteiger partial charge is 0.536 e. The summed E-state index contributed by atoms with van der Waals surface area (Å²) in [5, 5.41) is 4.95. The Morgan fingerprint density at radius 3 is 1.71 bits per heavy atom. The van der Waals surface area contributed by atoms with Crippen molar-refractivity contribution in [3.05, 3.63) is 132 Å². The molecular weight excluding hydrogens is 461 g/mol. The van der Waals surface area contributed by atoms with Gasteiger partial charge in [-0.2, -0.15) is 0 Å². The molecule has 0 saturated carbocycles. The van der Waals surface area contributed by atoms with Crippen molar-refractivity contribution in [1.82, 2.24) is 0 Å². The number of rotatable bonds is 3. The number of para-hydroxylation sites is 3. The minimum absolute atomic E-state index is 0.293. The van der Waals surface area contributed by atoms with E-state index in [0.717, 1.165) is 17.1 Å². The standard InChI is InChI=1S/C35H28BNO/c1-23-21-24(2)33(25(3)22-23)34-27-15-7-9-17-29(27)35(30-18-10-8-16-28(30)34)36-37(26-13-5-4-6-14-26)31-19-11-12-20-32(31)38-36/h4-22H,1-3H3. The van der Waals surface area contributed by atoms with Crippen LogP contribution in [0.2, 0.25) is 0 Å². The summed E-state index contributed by atoms with van der Waals surface area (Å²) < 4.78 is 6.81. The minimum atomic E-state index is -0.293. The molecule has 1 aliphatic heterocycles. The Hall–Kier alpha value is -4.50. The first-order chi connectivity index (χ1) is 18.6. The molecule has 6 aromatic carbocycles. The molecule has 0 amide bonds. The molecule has 182 valence electrons. The molecule has 0 radical (unpaired) electrons. The summed E-state index contributed by atoms with van der Waals surface area (Å²) in [7, 11) is -0.293. The normalized spacial score (nSPS) is 12.7. The van der Waals surface area contributed by atoms with Gasteiger partial charge in [0.2, 0.25) is 0 Å². The van der Waals surface area contributed by atoms with Gasteiger partial charge in [0, 0.05) is 11.2 Å². The average Bonchev–Trinajstić information content (AvgIpc) is 3.31. The van der Waals surface area contributed by atoms with Crippen molar-refractivity contribution in [3.63, 3.8) is 0 Å². The van der Waals surface area contributed by atoms with E-state index >= 15 is 0 Å². The highest BCUT2D eigenvalue weighted by atomic mass is 16.5. The van der Waals surface area contributed by atoms with E-state index in [9.17, 15) is 0 Å². The number of hydrogen-bond acceptors (Lipinski definition) is 2. The summed E-state index contributed by atoms with van der Waals surface area (Å²) in [5.41, 5.74) is 9.94. The monoisotopic (exact) mass is 489 g/mol. The van der Waals surface area contributed by atoms with Gasteiger partial charge in [-0.25, -0.2) is 0 Å². The van der Waals surface area contributed by atoms with Crippen molar-refractivity contribution < 1.29 is 4.65 Å². The van der Waals surface area contributed by atoms with E-state index in [4.69, 9.17) is 4.65 Å². The first kappa shape index (κ1) is 22.7. The van der Waals surface area contributed by atoms with E-state index in [1.54, 1.807) is 0 Å². The zero-order valence-electron chi connectivity index (χ0n) is 21.9. The Morgan fingerprint density at radius 2 is 1.08 bits per heavy atom. The topological polar surface area (TPSA) is 12.5 Å². The van der Waals surface area contributed by atoms with E-state index in [-0.39, 0.29) is 7.05 Å². The molecule has 6 aromatic rings. The molecule has 0 aromatic heterocycles. The second-order valence-corrected chi connectivity index (χ2v) is 10.3. The van der Waals surface area contributed by atoms with Crippen LogP contribution in [-0.4, -0.2) is 7.05 Å². The summed E-state index contributed by atoms with van der Waals surface area (Å²) in [6.07, 6.45) is 0. The maximum Gasteiger partial charge on any atom is 0.525 e. The van der Waals surface area contributed by atoms with Gasteiger partial charge in [-0.05, 0) is 88.8 Å². The lowest BCUT2D eigenvalue weighted by molar-refractivity contribution is 0.604. The molecule has 7 rings (SSSR count). The Morgan fingerprint density at radius 1 is 0.553 bits per heavy atom. The van der Waals surface area contributed by atoms with Gasteiger partial charge in [-0.1, -0.05) is 96.6 Å². The molecule has 0 bridgehead atoms. The van der Waals surface area contributed by atoms with Crippen LogP contribution in [0.4, 0.5) is 11.4 Å². The first-order valence-corrected chi connectivity index (χ1v) is 13.2. The van der Waals surface area contributed by atoms with Crippen molar-refractivity contribution >= 4 is 45.4 Å². The van der Waals surface area contributed by atoms with Gasteiger partial charge in [-0.3, -0.25) is 0 Å². The van der Waals surface area contributed by atoms with Crippen LogP contribution >= 0.6 is 0 Å². The lowest BCUT2D eigenvalue weighted by atomic mass is 9.66. The van der Waals surface area contributed by atoms with E-state index in [1.807, 2.05) is 6.07 Å². The van der Waals surface area contributed by atoms with Gasteiger partial charge >= 0.3 is 7.05 Å². The third kappa shape index (κ3) is 3.43. The Labute approximate surface area is 224 Å². The van der Waals surface area contributed by atoms with Crippen LogP contribution in [0.15, 0.2) is 115 Å². The second-order valence-electron chi connectivity index (χ2n) is 10.3. The lowest BCUT2D eigenvalue weighted by Crippen LogP contribution is -2.47. The quantitative estimate of drug-likeness (QED) is 0.183. The minimum Gasteiger partial charge on any atom is -0.536 e. The SMILES string of the molecule is Cc1cc(C)c(-c2c3ccccc3c(B3Oc4ccccc4N3c3ccccc3)c3ccccc23)c(C)c1. The number of hydrogen-bond donors (Lipinski definition) is 0. The number of nitrogens with zero attached hydrogens (tertiary/aromatic N) is 1. The van der Waals surface area contributed by atoms with Crippen LogP contribution in [0.3, 0.4) is 0 Å². The molecule has 0 aliphatic carbocycles. The first-order valence-electron chi connectivity index (χ1n) is 13.2. The van der Waals surface area contributed by atoms with E-state index < -0.39 is 0 Å². The number of benzene rings is 6. The van der Waals surface area contributed by atoms with Crippen molar-refractivity contribution in [2.24, 2.45) is 0 Å². The summed E-state index contributed by atoms with van der Waals surface area (Å²) >= 11 is 0. The molecule has 3 heteroatoms. The third-order valence-electron chi connectivity index (χ3n) is 7.78. The third-order valence-corrected chi connectivity index (χ3v) is 7.78. The van der Waals surface area contributed by atoms with Crippen LogP contribution in [0.25, 0.3) is 32.7 Å². The summed E-state index contributed by atoms with van der Waals surface area (Å²) in [6, 6.07) is 41.2. The van der Waals surface area contributed by atoms with Crippen LogP contribution in [0, 0.1) is 20.8 Å². The van der Waals surface area contributed by atoms with Gasteiger partial charge < -0.3 is 9.47 Å². The Bertz CT molecular complexity index is 1760. The molecule has 0 atom stereocenters. The molecule has 0 fully saturated rings. The molecule has 0 unspecified atom stereocenters. The predicted molar refractivity (Wildman–Crippen MR) is 162 cm³/mol. The Balaban J connectivity index is 1.58. The number of fused-ring (bicyclic) bond motifs is 3. The highest BCUT2D eigenvalue weighted by Crippen LogP contribution is 2.44. The van der Waals surface area contributed by atoms with E-state index in [2.05, 4.69) is 135 Å². The summed E-state index contributed by atoms with van der Waals surface area (Å²) in [4.78, 5) is 2.34. The fraction of sp³-hybridized carbons (Fsp3) is 0.0857. The molecule has 2 nitrogen and oxygen atoms in total. The maximum absolute atomic E-state index is 6.81. The highest BCUT2D eigenvalue weighted by molar-refractivity contribution is 6.79. The molecule has 1 heterocycles. The predicted octanol–water partition coefficient (Wildman–Crippen LogP) is 8.51. The smallest absolute Gasteiger partial charge is 0.525 e. The highest BCUT2D eigenvalue weighted by Gasteiger charge is 2.41. The molecule has 1 aliphatic rings. The number of anilines is 2. The fourth-order valence-electron chi connectivity index (χ4n) is 6.38. The zero-order chi connectivity index (χ0) is 25.8. The molecule has 0 spiro atoms. The van der Waals surface area contributed by atoms with Gasteiger partial charge in [0.25, 0.3) is 0 Å². The maximum atomic E-state index is 6.81. The number of aryl methyl sites for hydroxylation is 3. The van der Waals surface area contributed by atoms with Crippen LogP contribution in [0.5, 0.6) is 5.75 Å². The van der Waals surface area contributed by atoms with E-state index in [0.29, 0.717) is 0 Å². The van der Waals surface area contributed by atoms with Gasteiger partial charge in [0.1, 0.15) is 5.75 Å². The van der Waals surface area contributed by atoms with Crippen molar-refractivity contribution in [2.45, 2.75) is 20.8 Å². The van der Waals surface area contributed by atoms with E-state index in [1.165, 1.54) is 54.8 Å². The van der Waals surface area contributed by atoms with Crippen LogP contribution < -0.4 is 14.9 Å². The summed E-state index contributed by atoms with van der Waals surface area (Å²) in [6.45, 7) is 6.65. The van der Waals surface area contributed by atoms with Gasteiger partial charge in [-0.15, -0.1) is 0 Å². The van der Waals surface area contributed by atoms with Gasteiger partial charge in [0.15, 0.2) is 0 Å². The molecule has 38 heavy (non-hydrogen) atoms. The van der Waals surface area contributed by atoms with Crippen LogP contribution in [-0.2, 0) is 0 Å². The van der Waals surface area contributed by atoms with Crippen molar-refractivity contribution in [1.29, 1.82) is 0 Å². The van der Waals surface area contributed by atoms with Crippen molar-refractivity contribution in [2.75, 3.05) is 4.81 Å². The summed E-state index contributed by atoms with van der Waals surface area (Å²) in [5.74, 6) is 0.906. The molecular formula is C35H28BNO. The zero-order valence-corrected chi connectivity index (χ0v) is 21.9. The molecule has 0 saturated heterocycles. The van der Waals surface area contributed by atoms with Gasteiger partial charge in [0.05, 0.1) is 5.69 Å². The fourth-order valence-corrected chi connectivity index (χ4v) is 6.38.